The van der Waals surface area contributed by atoms with Gasteiger partial charge in [0.05, 0.1) is 11.7 Å². The van der Waals surface area contributed by atoms with Gasteiger partial charge in [0.15, 0.2) is 0 Å². The van der Waals surface area contributed by atoms with Gasteiger partial charge in [-0.2, -0.15) is 0 Å². The highest BCUT2D eigenvalue weighted by Gasteiger charge is 2.13. The van der Waals surface area contributed by atoms with Crippen LogP contribution in [0.1, 0.15) is 27.9 Å². The summed E-state index contributed by atoms with van der Waals surface area (Å²) in [5, 5.41) is 2.07. The van der Waals surface area contributed by atoms with Gasteiger partial charge >= 0.3 is 0 Å². The minimum atomic E-state index is -0.101. The Hall–Kier alpha value is -1.19. The van der Waals surface area contributed by atoms with Crippen LogP contribution in [0.4, 0.5) is 0 Å². The molecule has 2 heterocycles. The second-order valence-electron chi connectivity index (χ2n) is 3.61. The third-order valence-corrected chi connectivity index (χ3v) is 3.32. The summed E-state index contributed by atoms with van der Waals surface area (Å²) in [5.74, 6) is 0. The third-order valence-electron chi connectivity index (χ3n) is 2.46. The smallest absolute Gasteiger partial charge is 0.0737 e. The number of aryl methyl sites for hydroxylation is 2. The van der Waals surface area contributed by atoms with E-state index in [0.29, 0.717) is 0 Å². The summed E-state index contributed by atoms with van der Waals surface area (Å²) < 4.78 is 0. The normalized spacial score (nSPS) is 12.7. The monoisotopic (exact) mass is 218 g/mol. The highest BCUT2D eigenvalue weighted by molar-refractivity contribution is 7.10. The summed E-state index contributed by atoms with van der Waals surface area (Å²) >= 11 is 1.72. The first-order chi connectivity index (χ1) is 7.18. The van der Waals surface area contributed by atoms with E-state index in [-0.39, 0.29) is 6.04 Å². The molecule has 0 spiro atoms. The zero-order chi connectivity index (χ0) is 10.8. The molecule has 2 N–H and O–H groups in total. The van der Waals surface area contributed by atoms with Crippen LogP contribution in [-0.2, 0) is 0 Å². The van der Waals surface area contributed by atoms with Gasteiger partial charge < -0.3 is 5.73 Å². The Balaban J connectivity index is 2.36. The number of hydrogen-bond donors (Lipinski definition) is 1. The maximum atomic E-state index is 6.17. The topological polar surface area (TPSA) is 38.9 Å². The van der Waals surface area contributed by atoms with Crippen molar-refractivity contribution in [3.05, 3.63) is 51.5 Å². The summed E-state index contributed by atoms with van der Waals surface area (Å²) in [5.41, 5.74) is 9.30. The quantitative estimate of drug-likeness (QED) is 0.841. The molecule has 0 bridgehead atoms. The van der Waals surface area contributed by atoms with Crippen LogP contribution in [0.2, 0.25) is 0 Å². The van der Waals surface area contributed by atoms with Crippen molar-refractivity contribution in [1.29, 1.82) is 0 Å². The summed E-state index contributed by atoms with van der Waals surface area (Å²) in [4.78, 5) is 5.72. The van der Waals surface area contributed by atoms with Crippen LogP contribution in [0.25, 0.3) is 0 Å². The molecule has 2 nitrogen and oxygen atoms in total. The Morgan fingerprint density at radius 3 is 2.67 bits per heavy atom. The summed E-state index contributed by atoms with van der Waals surface area (Å²) in [6.07, 6.45) is 0. The molecular weight excluding hydrogens is 204 g/mol. The Bertz CT molecular complexity index is 462. The lowest BCUT2D eigenvalue weighted by atomic mass is 10.1. The molecule has 3 heteroatoms. The van der Waals surface area contributed by atoms with E-state index in [4.69, 9.17) is 5.73 Å². The van der Waals surface area contributed by atoms with Gasteiger partial charge in [-0.15, -0.1) is 11.3 Å². The first-order valence-corrected chi connectivity index (χ1v) is 5.79. The number of thiophene rings is 1. The lowest BCUT2D eigenvalue weighted by molar-refractivity contribution is 0.820. The molecule has 2 aromatic rings. The molecule has 1 atom stereocenters. The highest BCUT2D eigenvalue weighted by atomic mass is 32.1. The van der Waals surface area contributed by atoms with E-state index in [1.807, 2.05) is 25.1 Å². The fourth-order valence-corrected chi connectivity index (χ4v) is 2.36. The molecule has 2 aromatic heterocycles. The first-order valence-electron chi connectivity index (χ1n) is 4.91. The average molecular weight is 218 g/mol. The molecule has 0 aliphatic carbocycles. The minimum Gasteiger partial charge on any atom is -0.319 e. The maximum absolute atomic E-state index is 6.17. The zero-order valence-electron chi connectivity index (χ0n) is 8.90. The molecule has 15 heavy (non-hydrogen) atoms. The van der Waals surface area contributed by atoms with Crippen LogP contribution < -0.4 is 5.73 Å². The minimum absolute atomic E-state index is 0.101. The van der Waals surface area contributed by atoms with Crippen LogP contribution in [0, 0.1) is 13.8 Å². The van der Waals surface area contributed by atoms with Gasteiger partial charge in [0.1, 0.15) is 0 Å². The van der Waals surface area contributed by atoms with E-state index in [1.54, 1.807) is 11.3 Å². The Kier molecular flexibility index (Phi) is 2.84. The molecule has 2 rings (SSSR count). The first kappa shape index (κ1) is 10.3. The van der Waals surface area contributed by atoms with Crippen molar-refractivity contribution in [1.82, 2.24) is 4.98 Å². The number of nitrogens with two attached hydrogens (primary N) is 1. The van der Waals surface area contributed by atoms with Crippen LogP contribution in [-0.4, -0.2) is 4.98 Å². The second kappa shape index (κ2) is 4.13. The van der Waals surface area contributed by atoms with Gasteiger partial charge in [-0.1, -0.05) is 6.07 Å². The van der Waals surface area contributed by atoms with Crippen molar-refractivity contribution in [3.8, 4) is 0 Å². The van der Waals surface area contributed by atoms with Crippen molar-refractivity contribution in [2.24, 2.45) is 5.73 Å². The van der Waals surface area contributed by atoms with E-state index in [2.05, 4.69) is 23.4 Å². The fraction of sp³-hybridized carbons (Fsp3) is 0.250. The molecule has 0 aliphatic heterocycles. The van der Waals surface area contributed by atoms with E-state index in [1.165, 1.54) is 10.4 Å². The summed E-state index contributed by atoms with van der Waals surface area (Å²) in [6, 6.07) is 7.94. The molecule has 0 radical (unpaired) electrons. The molecular formula is C12H14N2S. The van der Waals surface area contributed by atoms with Crippen LogP contribution in [0.5, 0.6) is 0 Å². The lowest BCUT2D eigenvalue weighted by Gasteiger charge is -2.11. The van der Waals surface area contributed by atoms with Gasteiger partial charge in [0.25, 0.3) is 0 Å². The molecule has 78 valence electrons. The van der Waals surface area contributed by atoms with Crippen LogP contribution >= 0.6 is 11.3 Å². The van der Waals surface area contributed by atoms with E-state index < -0.39 is 0 Å². The molecule has 1 unspecified atom stereocenters. The van der Waals surface area contributed by atoms with Gasteiger partial charge in [0, 0.05) is 10.6 Å². The predicted octanol–water partition coefficient (Wildman–Crippen LogP) is 2.81. The van der Waals surface area contributed by atoms with E-state index in [9.17, 15) is 0 Å². The van der Waals surface area contributed by atoms with Crippen molar-refractivity contribution in [2.45, 2.75) is 19.9 Å². The van der Waals surface area contributed by atoms with Crippen LogP contribution in [0.3, 0.4) is 0 Å². The van der Waals surface area contributed by atoms with E-state index in [0.717, 1.165) is 11.4 Å². The zero-order valence-corrected chi connectivity index (χ0v) is 9.71. The Morgan fingerprint density at radius 2 is 2.07 bits per heavy atom. The standard InChI is InChI=1S/C12H14N2S/c1-8-4-3-5-11(14-8)12(13)10-6-7-15-9(10)2/h3-7,12H,13H2,1-2H3. The fourth-order valence-electron chi connectivity index (χ4n) is 1.61. The largest absolute Gasteiger partial charge is 0.319 e. The van der Waals surface area contributed by atoms with E-state index >= 15 is 0 Å². The Labute approximate surface area is 93.8 Å². The predicted molar refractivity (Wildman–Crippen MR) is 64.1 cm³/mol. The molecule has 0 saturated heterocycles. The van der Waals surface area contributed by atoms with Crippen LogP contribution in [0.15, 0.2) is 29.6 Å². The highest BCUT2D eigenvalue weighted by Crippen LogP contribution is 2.25. The number of nitrogens with zero attached hydrogens (tertiary/aromatic N) is 1. The number of rotatable bonds is 2. The number of hydrogen-bond acceptors (Lipinski definition) is 3. The number of aromatic nitrogens is 1. The maximum Gasteiger partial charge on any atom is 0.0737 e. The molecule has 0 aromatic carbocycles. The average Bonchev–Trinajstić information content (AvgIpc) is 2.63. The second-order valence-corrected chi connectivity index (χ2v) is 4.73. The molecule has 0 aliphatic rings. The number of pyridine rings is 1. The summed E-state index contributed by atoms with van der Waals surface area (Å²) in [6.45, 7) is 4.08. The Morgan fingerprint density at radius 1 is 1.27 bits per heavy atom. The van der Waals surface area contributed by atoms with Crippen molar-refractivity contribution in [3.63, 3.8) is 0 Å². The van der Waals surface area contributed by atoms with Gasteiger partial charge in [-0.25, -0.2) is 0 Å². The lowest BCUT2D eigenvalue weighted by Crippen LogP contribution is -2.13. The SMILES string of the molecule is Cc1cccc(C(N)c2ccsc2C)n1. The van der Waals surface area contributed by atoms with Crippen molar-refractivity contribution >= 4 is 11.3 Å². The van der Waals surface area contributed by atoms with Gasteiger partial charge in [-0.05, 0) is 43.0 Å². The third kappa shape index (κ3) is 2.08. The van der Waals surface area contributed by atoms with Crippen molar-refractivity contribution < 1.29 is 0 Å². The van der Waals surface area contributed by atoms with Gasteiger partial charge in [0.2, 0.25) is 0 Å². The molecule has 0 amide bonds. The molecule has 0 fully saturated rings. The molecule has 0 saturated carbocycles. The van der Waals surface area contributed by atoms with Gasteiger partial charge in [-0.3, -0.25) is 4.98 Å². The van der Waals surface area contributed by atoms with Crippen molar-refractivity contribution in [2.75, 3.05) is 0 Å². The summed E-state index contributed by atoms with van der Waals surface area (Å²) in [7, 11) is 0.